The Balaban J connectivity index is 1.83. The van der Waals surface area contributed by atoms with E-state index >= 15 is 0 Å². The fourth-order valence-corrected chi connectivity index (χ4v) is 1.54. The first-order chi connectivity index (χ1) is 11.1. The SMILES string of the molecule is COc1ccc(/C=N/NC(=O)CNc2n[nH]c(=O)[nH]c2=O)cc1. The van der Waals surface area contributed by atoms with E-state index in [-0.39, 0.29) is 12.4 Å². The Hall–Kier alpha value is -3.43. The number of H-pyrrole nitrogens is 2. The quantitative estimate of drug-likeness (QED) is 0.399. The second kappa shape index (κ2) is 7.54. The lowest BCUT2D eigenvalue weighted by Crippen LogP contribution is -2.31. The van der Waals surface area contributed by atoms with Crippen LogP contribution in [-0.2, 0) is 4.79 Å². The molecule has 23 heavy (non-hydrogen) atoms. The van der Waals surface area contributed by atoms with Gasteiger partial charge in [0, 0.05) is 0 Å². The predicted octanol–water partition coefficient (Wildman–Crippen LogP) is -0.971. The summed E-state index contributed by atoms with van der Waals surface area (Å²) in [6.07, 6.45) is 1.46. The van der Waals surface area contributed by atoms with Crippen LogP contribution in [0.2, 0.25) is 0 Å². The summed E-state index contributed by atoms with van der Waals surface area (Å²) in [6.45, 7) is -0.234. The second-order valence-corrected chi connectivity index (χ2v) is 4.28. The monoisotopic (exact) mass is 318 g/mol. The number of hydrogen-bond acceptors (Lipinski definition) is 7. The van der Waals surface area contributed by atoms with Gasteiger partial charge in [0.2, 0.25) is 5.82 Å². The Kier molecular flexibility index (Phi) is 5.23. The summed E-state index contributed by atoms with van der Waals surface area (Å²) in [7, 11) is 1.57. The number of hydrogen-bond donors (Lipinski definition) is 4. The Bertz CT molecular complexity index is 808. The van der Waals surface area contributed by atoms with Crippen molar-refractivity contribution in [3.05, 3.63) is 50.7 Å². The molecule has 4 N–H and O–H groups in total. The molecule has 2 aromatic rings. The van der Waals surface area contributed by atoms with Crippen LogP contribution in [0.25, 0.3) is 0 Å². The summed E-state index contributed by atoms with van der Waals surface area (Å²) in [5.74, 6) is 0.0649. The molecule has 0 aliphatic carbocycles. The van der Waals surface area contributed by atoms with Gasteiger partial charge in [0.25, 0.3) is 11.5 Å². The second-order valence-electron chi connectivity index (χ2n) is 4.28. The van der Waals surface area contributed by atoms with Crippen molar-refractivity contribution in [3.8, 4) is 5.75 Å². The Labute approximate surface area is 129 Å². The van der Waals surface area contributed by atoms with Crippen molar-refractivity contribution in [1.29, 1.82) is 0 Å². The van der Waals surface area contributed by atoms with Crippen LogP contribution >= 0.6 is 0 Å². The number of ether oxygens (including phenoxy) is 1. The van der Waals surface area contributed by atoms with Crippen molar-refractivity contribution >= 4 is 17.9 Å². The number of anilines is 1. The van der Waals surface area contributed by atoms with Gasteiger partial charge in [0.15, 0.2) is 0 Å². The maximum absolute atomic E-state index is 11.6. The lowest BCUT2D eigenvalue weighted by Gasteiger charge is -2.02. The molecule has 0 spiro atoms. The van der Waals surface area contributed by atoms with E-state index in [4.69, 9.17) is 4.74 Å². The lowest BCUT2D eigenvalue weighted by atomic mass is 10.2. The predicted molar refractivity (Wildman–Crippen MR) is 82.7 cm³/mol. The van der Waals surface area contributed by atoms with Gasteiger partial charge < -0.3 is 10.1 Å². The van der Waals surface area contributed by atoms with Gasteiger partial charge in [-0.15, -0.1) is 5.10 Å². The van der Waals surface area contributed by atoms with Gasteiger partial charge in [-0.1, -0.05) is 0 Å². The summed E-state index contributed by atoms with van der Waals surface area (Å²) in [5, 5.41) is 11.8. The molecule has 0 saturated heterocycles. The molecule has 2 rings (SSSR count). The summed E-state index contributed by atoms with van der Waals surface area (Å²) in [5.41, 5.74) is 1.61. The smallest absolute Gasteiger partial charge is 0.342 e. The first-order valence-corrected chi connectivity index (χ1v) is 6.47. The average molecular weight is 318 g/mol. The van der Waals surface area contributed by atoms with E-state index in [1.54, 1.807) is 31.4 Å². The highest BCUT2D eigenvalue weighted by Crippen LogP contribution is 2.09. The number of nitrogens with zero attached hydrogens (tertiary/aromatic N) is 2. The van der Waals surface area contributed by atoms with E-state index in [2.05, 4.69) is 20.9 Å². The molecule has 120 valence electrons. The molecule has 0 saturated carbocycles. The van der Waals surface area contributed by atoms with Gasteiger partial charge in [-0.2, -0.15) is 5.10 Å². The van der Waals surface area contributed by atoms with Crippen molar-refractivity contribution in [2.24, 2.45) is 5.10 Å². The van der Waals surface area contributed by atoms with Crippen molar-refractivity contribution in [2.45, 2.75) is 0 Å². The minimum absolute atomic E-state index is 0.168. The van der Waals surface area contributed by atoms with Gasteiger partial charge in [0.1, 0.15) is 5.75 Å². The molecule has 1 amide bonds. The van der Waals surface area contributed by atoms with E-state index in [9.17, 15) is 14.4 Å². The zero-order chi connectivity index (χ0) is 16.7. The third-order valence-corrected chi connectivity index (χ3v) is 2.65. The van der Waals surface area contributed by atoms with Crippen molar-refractivity contribution in [3.63, 3.8) is 0 Å². The molecule has 1 aromatic carbocycles. The van der Waals surface area contributed by atoms with Gasteiger partial charge in [-0.25, -0.2) is 15.3 Å². The summed E-state index contributed by atoms with van der Waals surface area (Å²) < 4.78 is 5.02. The van der Waals surface area contributed by atoms with E-state index in [0.29, 0.717) is 5.75 Å². The van der Waals surface area contributed by atoms with Crippen LogP contribution in [0.1, 0.15) is 5.56 Å². The number of carbonyl (C=O) groups excluding carboxylic acids is 1. The van der Waals surface area contributed by atoms with Crippen LogP contribution in [0.3, 0.4) is 0 Å². The number of rotatable bonds is 6. The van der Waals surface area contributed by atoms with Crippen LogP contribution in [0.5, 0.6) is 5.75 Å². The first-order valence-electron chi connectivity index (χ1n) is 6.47. The molecule has 0 atom stereocenters. The van der Waals surface area contributed by atoms with Gasteiger partial charge >= 0.3 is 5.69 Å². The van der Waals surface area contributed by atoms with Crippen molar-refractivity contribution in [2.75, 3.05) is 19.0 Å². The molecular weight excluding hydrogens is 304 g/mol. The van der Waals surface area contributed by atoms with Gasteiger partial charge in [-0.05, 0) is 29.8 Å². The first kappa shape index (κ1) is 15.9. The molecule has 1 aromatic heterocycles. The van der Waals surface area contributed by atoms with Crippen LogP contribution in [0.15, 0.2) is 39.0 Å². The molecule has 0 unspecified atom stereocenters. The molecule has 0 aliphatic rings. The minimum atomic E-state index is -0.728. The summed E-state index contributed by atoms with van der Waals surface area (Å²) in [4.78, 5) is 35.7. The molecule has 1 heterocycles. The summed E-state index contributed by atoms with van der Waals surface area (Å²) in [6, 6.07) is 7.07. The van der Waals surface area contributed by atoms with E-state index in [1.807, 2.05) is 10.1 Å². The van der Waals surface area contributed by atoms with Crippen LogP contribution in [0, 0.1) is 0 Å². The molecule has 0 fully saturated rings. The molecule has 0 radical (unpaired) electrons. The van der Waals surface area contributed by atoms with Crippen LogP contribution in [0.4, 0.5) is 5.82 Å². The Morgan fingerprint density at radius 3 is 2.74 bits per heavy atom. The zero-order valence-corrected chi connectivity index (χ0v) is 12.1. The van der Waals surface area contributed by atoms with Crippen molar-refractivity contribution in [1.82, 2.24) is 20.6 Å². The van der Waals surface area contributed by atoms with Gasteiger partial charge in [-0.3, -0.25) is 14.6 Å². The molecule has 10 nitrogen and oxygen atoms in total. The molecule has 0 bridgehead atoms. The Morgan fingerprint density at radius 2 is 2.09 bits per heavy atom. The highest BCUT2D eigenvalue weighted by Gasteiger charge is 2.04. The number of aromatic amines is 2. The number of benzene rings is 1. The fourth-order valence-electron chi connectivity index (χ4n) is 1.54. The summed E-state index contributed by atoms with van der Waals surface area (Å²) >= 11 is 0. The zero-order valence-electron chi connectivity index (χ0n) is 12.1. The highest BCUT2D eigenvalue weighted by molar-refractivity contribution is 5.84. The molecular formula is C13H14N6O4. The number of methoxy groups -OCH3 is 1. The number of hydrazone groups is 1. The topological polar surface area (TPSA) is 141 Å². The number of aromatic nitrogens is 3. The molecule has 10 heteroatoms. The number of carbonyl (C=O) groups is 1. The van der Waals surface area contributed by atoms with Crippen molar-refractivity contribution < 1.29 is 9.53 Å². The highest BCUT2D eigenvalue weighted by atomic mass is 16.5. The van der Waals surface area contributed by atoms with E-state index in [1.165, 1.54) is 6.21 Å². The van der Waals surface area contributed by atoms with Gasteiger partial charge in [0.05, 0.1) is 19.9 Å². The number of amides is 1. The normalized spacial score (nSPS) is 10.5. The number of nitrogens with one attached hydrogen (secondary N) is 4. The average Bonchev–Trinajstić information content (AvgIpc) is 2.54. The maximum Gasteiger partial charge on any atom is 0.342 e. The standard InChI is InChI=1S/C13H14N6O4/c1-23-9-4-2-8(3-5-9)6-15-17-10(20)7-14-11-12(21)16-13(22)19-18-11/h2-6H,7H2,1H3,(H,14,18)(H,17,20)(H2,16,19,21,22)/b15-6+. The lowest BCUT2D eigenvalue weighted by molar-refractivity contribution is -0.119. The third-order valence-electron chi connectivity index (χ3n) is 2.65. The fraction of sp³-hybridized carbons (Fsp3) is 0.154. The maximum atomic E-state index is 11.6. The minimum Gasteiger partial charge on any atom is -0.497 e. The van der Waals surface area contributed by atoms with E-state index in [0.717, 1.165) is 5.56 Å². The Morgan fingerprint density at radius 1 is 1.35 bits per heavy atom. The largest absolute Gasteiger partial charge is 0.497 e. The van der Waals surface area contributed by atoms with E-state index < -0.39 is 17.2 Å². The third kappa shape index (κ3) is 4.81. The molecule has 0 aliphatic heterocycles. The van der Waals surface area contributed by atoms with Crippen LogP contribution in [-0.4, -0.2) is 41.0 Å². The van der Waals surface area contributed by atoms with Crippen LogP contribution < -0.4 is 26.7 Å².